The average Bonchev–Trinajstić information content (AvgIpc) is 2.45. The summed E-state index contributed by atoms with van der Waals surface area (Å²) in [4.78, 5) is 8.93. The monoisotopic (exact) mass is 264 g/mol. The van der Waals surface area contributed by atoms with Gasteiger partial charge in [-0.25, -0.2) is 4.98 Å². The number of hydrogen-bond donors (Lipinski definition) is 2. The van der Waals surface area contributed by atoms with Crippen LogP contribution in [0.1, 0.15) is 58.9 Å². The summed E-state index contributed by atoms with van der Waals surface area (Å²) in [6.45, 7) is 11.8. The van der Waals surface area contributed by atoms with Crippen LogP contribution in [0.15, 0.2) is 6.20 Å². The van der Waals surface area contributed by atoms with Gasteiger partial charge in [-0.15, -0.1) is 0 Å². The Morgan fingerprint density at radius 3 is 2.26 bits per heavy atom. The molecule has 0 aliphatic carbocycles. The van der Waals surface area contributed by atoms with E-state index in [4.69, 9.17) is 0 Å². The molecule has 0 spiro atoms. The minimum absolute atomic E-state index is 0.140. The van der Waals surface area contributed by atoms with Crippen molar-refractivity contribution in [2.24, 2.45) is 0 Å². The van der Waals surface area contributed by atoms with Crippen molar-refractivity contribution in [1.29, 1.82) is 0 Å². The molecule has 4 heteroatoms. The minimum Gasteiger partial charge on any atom is -0.364 e. The predicted molar refractivity (Wildman–Crippen MR) is 82.8 cm³/mol. The molecule has 4 nitrogen and oxygen atoms in total. The van der Waals surface area contributed by atoms with Gasteiger partial charge < -0.3 is 10.6 Å². The molecular formula is C15H28N4. The molecule has 19 heavy (non-hydrogen) atoms. The van der Waals surface area contributed by atoms with Crippen molar-refractivity contribution in [1.82, 2.24) is 9.97 Å². The van der Waals surface area contributed by atoms with Crippen LogP contribution in [-0.4, -0.2) is 22.1 Å². The summed E-state index contributed by atoms with van der Waals surface area (Å²) >= 11 is 0. The minimum atomic E-state index is 0.140. The Morgan fingerprint density at radius 1 is 1.11 bits per heavy atom. The lowest BCUT2D eigenvalue weighted by Crippen LogP contribution is -2.36. The molecule has 0 fully saturated rings. The first-order valence-corrected chi connectivity index (χ1v) is 7.46. The summed E-state index contributed by atoms with van der Waals surface area (Å²) in [7, 11) is 0. The van der Waals surface area contributed by atoms with Gasteiger partial charge in [0.15, 0.2) is 0 Å². The molecule has 1 aromatic heterocycles. The van der Waals surface area contributed by atoms with E-state index in [2.05, 4.69) is 55.2 Å². The van der Waals surface area contributed by atoms with Crippen LogP contribution in [0.4, 0.5) is 11.8 Å². The maximum absolute atomic E-state index is 4.61. The molecule has 0 bridgehead atoms. The molecule has 1 heterocycles. The molecule has 108 valence electrons. The maximum Gasteiger partial charge on any atom is 0.224 e. The van der Waals surface area contributed by atoms with E-state index in [1.54, 1.807) is 0 Å². The van der Waals surface area contributed by atoms with Crippen molar-refractivity contribution in [3.8, 4) is 0 Å². The summed E-state index contributed by atoms with van der Waals surface area (Å²) in [5.41, 5.74) is 1.24. The zero-order valence-corrected chi connectivity index (χ0v) is 13.0. The first-order valence-electron chi connectivity index (χ1n) is 7.46. The van der Waals surface area contributed by atoms with Crippen LogP contribution >= 0.6 is 0 Å². The lowest BCUT2D eigenvalue weighted by atomic mass is 9.89. The largest absolute Gasteiger partial charge is 0.364 e. The normalized spacial score (nSPS) is 11.4. The highest BCUT2D eigenvalue weighted by atomic mass is 15.2. The number of aryl methyl sites for hydroxylation is 1. The molecule has 0 aliphatic heterocycles. The van der Waals surface area contributed by atoms with Gasteiger partial charge in [-0.1, -0.05) is 27.7 Å². The van der Waals surface area contributed by atoms with Crippen molar-refractivity contribution in [2.75, 3.05) is 17.2 Å². The summed E-state index contributed by atoms with van der Waals surface area (Å²) in [5, 5.41) is 6.88. The quantitative estimate of drug-likeness (QED) is 0.745. The van der Waals surface area contributed by atoms with E-state index in [0.717, 1.165) is 43.6 Å². The molecule has 2 N–H and O–H groups in total. The molecule has 0 saturated heterocycles. The van der Waals surface area contributed by atoms with E-state index in [1.165, 1.54) is 0 Å². The number of rotatable bonds is 8. The molecule has 1 aromatic rings. The molecule has 0 aromatic carbocycles. The summed E-state index contributed by atoms with van der Waals surface area (Å²) in [6.07, 6.45) is 6.26. The van der Waals surface area contributed by atoms with Gasteiger partial charge in [-0.05, 0) is 32.6 Å². The van der Waals surface area contributed by atoms with Crippen molar-refractivity contribution < 1.29 is 0 Å². The van der Waals surface area contributed by atoms with Crippen LogP contribution < -0.4 is 10.6 Å². The van der Waals surface area contributed by atoms with Gasteiger partial charge in [-0.2, -0.15) is 4.98 Å². The molecule has 0 saturated carbocycles. The number of hydrogen-bond acceptors (Lipinski definition) is 4. The number of aromatic nitrogens is 2. The first-order chi connectivity index (χ1) is 9.10. The van der Waals surface area contributed by atoms with Gasteiger partial charge in [-0.3, -0.25) is 0 Å². The predicted octanol–water partition coefficient (Wildman–Crippen LogP) is 3.99. The van der Waals surface area contributed by atoms with Crippen molar-refractivity contribution in [2.45, 2.75) is 65.8 Å². The smallest absolute Gasteiger partial charge is 0.224 e. The van der Waals surface area contributed by atoms with Crippen LogP contribution in [-0.2, 0) is 0 Å². The zero-order valence-electron chi connectivity index (χ0n) is 13.0. The SMILES string of the molecule is CCCNc1ncc(C)c(NC(CC)(CC)CC)n1. The molecule has 0 unspecified atom stereocenters. The van der Waals surface area contributed by atoms with Crippen LogP contribution in [0.3, 0.4) is 0 Å². The fourth-order valence-corrected chi connectivity index (χ4v) is 2.16. The summed E-state index contributed by atoms with van der Waals surface area (Å²) in [6, 6.07) is 0. The Balaban J connectivity index is 2.92. The lowest BCUT2D eigenvalue weighted by Gasteiger charge is -2.33. The van der Waals surface area contributed by atoms with Crippen molar-refractivity contribution in [3.05, 3.63) is 11.8 Å². The van der Waals surface area contributed by atoms with E-state index in [-0.39, 0.29) is 5.54 Å². The van der Waals surface area contributed by atoms with Crippen LogP contribution in [0.25, 0.3) is 0 Å². The maximum atomic E-state index is 4.61. The zero-order chi connectivity index (χ0) is 14.3. The molecule has 1 rings (SSSR count). The van der Waals surface area contributed by atoms with E-state index >= 15 is 0 Å². The van der Waals surface area contributed by atoms with E-state index in [1.807, 2.05) is 6.20 Å². The highest BCUT2D eigenvalue weighted by Gasteiger charge is 2.24. The fraction of sp³-hybridized carbons (Fsp3) is 0.733. The topological polar surface area (TPSA) is 49.8 Å². The van der Waals surface area contributed by atoms with Gasteiger partial charge in [0, 0.05) is 23.8 Å². The number of anilines is 2. The Kier molecular flexibility index (Phi) is 6.06. The third-order valence-electron chi connectivity index (χ3n) is 3.92. The van der Waals surface area contributed by atoms with E-state index < -0.39 is 0 Å². The van der Waals surface area contributed by atoms with Crippen molar-refractivity contribution >= 4 is 11.8 Å². The molecule has 0 radical (unpaired) electrons. The van der Waals surface area contributed by atoms with Gasteiger partial charge in [0.05, 0.1) is 0 Å². The fourth-order valence-electron chi connectivity index (χ4n) is 2.16. The van der Waals surface area contributed by atoms with Crippen molar-refractivity contribution in [3.63, 3.8) is 0 Å². The van der Waals surface area contributed by atoms with E-state index in [0.29, 0.717) is 5.95 Å². The second-order valence-electron chi connectivity index (χ2n) is 5.12. The summed E-state index contributed by atoms with van der Waals surface area (Å²) < 4.78 is 0. The number of nitrogens with one attached hydrogen (secondary N) is 2. The van der Waals surface area contributed by atoms with Gasteiger partial charge in [0.2, 0.25) is 5.95 Å². The van der Waals surface area contributed by atoms with Crippen LogP contribution in [0, 0.1) is 6.92 Å². The number of nitrogens with zero attached hydrogens (tertiary/aromatic N) is 2. The third-order valence-corrected chi connectivity index (χ3v) is 3.92. The van der Waals surface area contributed by atoms with Gasteiger partial charge >= 0.3 is 0 Å². The Bertz CT molecular complexity index is 377. The van der Waals surface area contributed by atoms with Crippen LogP contribution in [0.2, 0.25) is 0 Å². The highest BCUT2D eigenvalue weighted by molar-refractivity contribution is 5.48. The Labute approximate surface area is 117 Å². The molecule has 0 amide bonds. The average molecular weight is 264 g/mol. The first kappa shape index (κ1) is 15.7. The van der Waals surface area contributed by atoms with Gasteiger partial charge in [0.25, 0.3) is 0 Å². The lowest BCUT2D eigenvalue weighted by molar-refractivity contribution is 0.418. The molecule has 0 atom stereocenters. The van der Waals surface area contributed by atoms with Gasteiger partial charge in [0.1, 0.15) is 5.82 Å². The third kappa shape index (κ3) is 4.08. The highest BCUT2D eigenvalue weighted by Crippen LogP contribution is 2.26. The Morgan fingerprint density at radius 2 is 1.74 bits per heavy atom. The standard InChI is InChI=1S/C15H28N4/c1-6-10-16-14-17-11-12(5)13(18-14)19-15(7-2,8-3)9-4/h11H,6-10H2,1-5H3,(H2,16,17,18,19). The second kappa shape index (κ2) is 7.31. The molecule has 0 aliphatic rings. The molecular weight excluding hydrogens is 236 g/mol. The van der Waals surface area contributed by atoms with Crippen LogP contribution in [0.5, 0.6) is 0 Å². The summed E-state index contributed by atoms with van der Waals surface area (Å²) in [5.74, 6) is 1.67. The Hall–Kier alpha value is -1.32. The second-order valence-corrected chi connectivity index (χ2v) is 5.12. The van der Waals surface area contributed by atoms with E-state index in [9.17, 15) is 0 Å².